The van der Waals surface area contributed by atoms with Gasteiger partial charge in [-0.25, -0.2) is 0 Å². The molecule has 2 heteroatoms. The summed E-state index contributed by atoms with van der Waals surface area (Å²) in [7, 11) is 2.17. The third-order valence-electron chi connectivity index (χ3n) is 2.39. The van der Waals surface area contributed by atoms with Gasteiger partial charge in [-0.15, -0.1) is 0 Å². The van der Waals surface area contributed by atoms with Crippen molar-refractivity contribution in [1.82, 2.24) is 4.90 Å². The molecule has 0 N–H and O–H groups in total. The van der Waals surface area contributed by atoms with Crippen molar-refractivity contribution in [2.45, 2.75) is 39.0 Å². The minimum atomic E-state index is 1.05. The van der Waals surface area contributed by atoms with Crippen LogP contribution in [0.4, 0.5) is 0 Å². The van der Waals surface area contributed by atoms with Crippen LogP contribution in [-0.4, -0.2) is 30.9 Å². The zero-order valence-corrected chi connectivity index (χ0v) is 8.34. The Hall–Kier alpha value is -0.530. The molecule has 0 amide bonds. The Balaban J connectivity index is 2.29. The van der Waals surface area contributed by atoms with Crippen molar-refractivity contribution < 1.29 is 0 Å². The highest BCUT2D eigenvalue weighted by Gasteiger charge is 2.08. The Morgan fingerprint density at radius 2 is 2.25 bits per heavy atom. The lowest BCUT2D eigenvalue weighted by molar-refractivity contribution is 0.462. The number of aliphatic imine (C=N–C) groups is 1. The van der Waals surface area contributed by atoms with Gasteiger partial charge in [-0.2, -0.15) is 0 Å². The standard InChI is InChI=1S/C10H20N2/c1-3-4-9-12(2)10-7-5-6-8-11-10/h3-9H2,1-2H3. The van der Waals surface area contributed by atoms with Crippen LogP contribution in [0.2, 0.25) is 0 Å². The van der Waals surface area contributed by atoms with Crippen LogP contribution in [0.3, 0.4) is 0 Å². The van der Waals surface area contributed by atoms with E-state index in [0.29, 0.717) is 0 Å². The fraction of sp³-hybridized carbons (Fsp3) is 0.900. The van der Waals surface area contributed by atoms with Crippen LogP contribution >= 0.6 is 0 Å². The zero-order valence-electron chi connectivity index (χ0n) is 8.34. The van der Waals surface area contributed by atoms with Crippen molar-refractivity contribution >= 4 is 5.84 Å². The molecule has 0 bridgehead atoms. The molecule has 1 aliphatic heterocycles. The Morgan fingerprint density at radius 1 is 1.42 bits per heavy atom. The van der Waals surface area contributed by atoms with E-state index < -0.39 is 0 Å². The van der Waals surface area contributed by atoms with E-state index in [-0.39, 0.29) is 0 Å². The van der Waals surface area contributed by atoms with Crippen LogP contribution in [0, 0.1) is 0 Å². The van der Waals surface area contributed by atoms with Gasteiger partial charge in [-0.05, 0) is 19.3 Å². The maximum atomic E-state index is 4.52. The molecule has 0 fully saturated rings. The second-order valence-electron chi connectivity index (χ2n) is 3.53. The van der Waals surface area contributed by atoms with Crippen LogP contribution in [0.1, 0.15) is 39.0 Å². The Bertz CT molecular complexity index is 152. The first-order chi connectivity index (χ1) is 5.84. The molecular weight excluding hydrogens is 148 g/mol. The van der Waals surface area contributed by atoms with Crippen LogP contribution in [-0.2, 0) is 0 Å². The lowest BCUT2D eigenvalue weighted by atomic mass is 10.1. The molecule has 0 aromatic carbocycles. The van der Waals surface area contributed by atoms with Gasteiger partial charge in [0.25, 0.3) is 0 Å². The van der Waals surface area contributed by atoms with Gasteiger partial charge in [-0.3, -0.25) is 4.99 Å². The molecule has 70 valence electrons. The highest BCUT2D eigenvalue weighted by Crippen LogP contribution is 2.08. The van der Waals surface area contributed by atoms with Gasteiger partial charge in [0.05, 0.1) is 5.84 Å². The predicted molar refractivity (Wildman–Crippen MR) is 53.7 cm³/mol. The second-order valence-corrected chi connectivity index (χ2v) is 3.53. The molecule has 1 aliphatic rings. The van der Waals surface area contributed by atoms with Crippen molar-refractivity contribution in [3.8, 4) is 0 Å². The highest BCUT2D eigenvalue weighted by molar-refractivity contribution is 5.82. The highest BCUT2D eigenvalue weighted by atomic mass is 15.2. The third kappa shape index (κ3) is 2.84. The number of rotatable bonds is 3. The summed E-state index contributed by atoms with van der Waals surface area (Å²) in [6.07, 6.45) is 6.37. The molecule has 0 atom stereocenters. The molecule has 1 heterocycles. The number of amidine groups is 1. The van der Waals surface area contributed by atoms with Crippen LogP contribution in [0.5, 0.6) is 0 Å². The summed E-state index contributed by atoms with van der Waals surface area (Å²) >= 11 is 0. The first kappa shape index (κ1) is 9.56. The van der Waals surface area contributed by atoms with Gasteiger partial charge < -0.3 is 4.90 Å². The summed E-state index contributed by atoms with van der Waals surface area (Å²) in [6, 6.07) is 0. The molecule has 0 radical (unpaired) electrons. The molecule has 0 unspecified atom stereocenters. The first-order valence-corrected chi connectivity index (χ1v) is 5.09. The summed E-state index contributed by atoms with van der Waals surface area (Å²) < 4.78 is 0. The number of unbranched alkanes of at least 4 members (excludes halogenated alkanes) is 1. The van der Waals surface area contributed by atoms with Gasteiger partial charge in [0.1, 0.15) is 0 Å². The third-order valence-corrected chi connectivity index (χ3v) is 2.39. The minimum Gasteiger partial charge on any atom is -0.363 e. The van der Waals surface area contributed by atoms with Crippen molar-refractivity contribution in [2.75, 3.05) is 20.1 Å². The normalized spacial score (nSPS) is 17.3. The maximum Gasteiger partial charge on any atom is 0.0986 e. The van der Waals surface area contributed by atoms with Gasteiger partial charge in [-0.1, -0.05) is 13.3 Å². The smallest absolute Gasteiger partial charge is 0.0986 e. The van der Waals surface area contributed by atoms with Crippen LogP contribution < -0.4 is 0 Å². The molecule has 0 saturated carbocycles. The second kappa shape index (κ2) is 5.18. The zero-order chi connectivity index (χ0) is 8.81. The lowest BCUT2D eigenvalue weighted by Gasteiger charge is -2.23. The first-order valence-electron chi connectivity index (χ1n) is 5.09. The van der Waals surface area contributed by atoms with E-state index >= 15 is 0 Å². The quantitative estimate of drug-likeness (QED) is 0.631. The van der Waals surface area contributed by atoms with Gasteiger partial charge in [0.2, 0.25) is 0 Å². The SMILES string of the molecule is CCCCN(C)C1=NCCCC1. The maximum absolute atomic E-state index is 4.52. The lowest BCUT2D eigenvalue weighted by Crippen LogP contribution is -2.29. The molecule has 0 aromatic heterocycles. The molecule has 0 spiro atoms. The van der Waals surface area contributed by atoms with E-state index in [1.807, 2.05) is 0 Å². The number of hydrogen-bond donors (Lipinski definition) is 0. The van der Waals surface area contributed by atoms with Crippen molar-refractivity contribution in [2.24, 2.45) is 4.99 Å². The van der Waals surface area contributed by atoms with E-state index in [0.717, 1.165) is 6.54 Å². The average Bonchev–Trinajstić information content (AvgIpc) is 2.15. The summed E-state index contributed by atoms with van der Waals surface area (Å²) in [5.41, 5.74) is 0. The fourth-order valence-electron chi connectivity index (χ4n) is 1.52. The molecule has 1 rings (SSSR count). The largest absolute Gasteiger partial charge is 0.363 e. The number of hydrogen-bond acceptors (Lipinski definition) is 2. The van der Waals surface area contributed by atoms with Crippen molar-refractivity contribution in [1.29, 1.82) is 0 Å². The molecule has 0 saturated heterocycles. The van der Waals surface area contributed by atoms with Gasteiger partial charge >= 0.3 is 0 Å². The predicted octanol–water partition coefficient (Wildman–Crippen LogP) is 2.30. The van der Waals surface area contributed by atoms with E-state index in [1.165, 1.54) is 44.5 Å². The van der Waals surface area contributed by atoms with Gasteiger partial charge in [0.15, 0.2) is 0 Å². The summed E-state index contributed by atoms with van der Waals surface area (Å²) in [5.74, 6) is 1.33. The average molecular weight is 168 g/mol. The Kier molecular flexibility index (Phi) is 4.12. The molecule has 2 nitrogen and oxygen atoms in total. The molecule has 0 aromatic rings. The van der Waals surface area contributed by atoms with Crippen molar-refractivity contribution in [3.05, 3.63) is 0 Å². The van der Waals surface area contributed by atoms with Crippen LogP contribution in [0.25, 0.3) is 0 Å². The summed E-state index contributed by atoms with van der Waals surface area (Å²) in [6.45, 7) is 4.46. The Morgan fingerprint density at radius 3 is 2.83 bits per heavy atom. The van der Waals surface area contributed by atoms with E-state index in [1.54, 1.807) is 0 Å². The summed E-state index contributed by atoms with van der Waals surface area (Å²) in [4.78, 5) is 6.85. The van der Waals surface area contributed by atoms with Crippen LogP contribution in [0.15, 0.2) is 4.99 Å². The monoisotopic (exact) mass is 168 g/mol. The molecule has 12 heavy (non-hydrogen) atoms. The minimum absolute atomic E-state index is 1.05. The fourth-order valence-corrected chi connectivity index (χ4v) is 1.52. The van der Waals surface area contributed by atoms with Crippen molar-refractivity contribution in [3.63, 3.8) is 0 Å². The van der Waals surface area contributed by atoms with E-state index in [4.69, 9.17) is 0 Å². The topological polar surface area (TPSA) is 15.6 Å². The molecule has 0 aliphatic carbocycles. The molecular formula is C10H20N2. The van der Waals surface area contributed by atoms with E-state index in [9.17, 15) is 0 Å². The summed E-state index contributed by atoms with van der Waals surface area (Å²) in [5, 5.41) is 0. The Labute approximate surface area is 75.7 Å². The number of nitrogens with zero attached hydrogens (tertiary/aromatic N) is 2. The van der Waals surface area contributed by atoms with Gasteiger partial charge in [0, 0.05) is 26.6 Å². The van der Waals surface area contributed by atoms with E-state index in [2.05, 4.69) is 23.9 Å².